The minimum Gasteiger partial charge on any atom is -0.374 e. The van der Waals surface area contributed by atoms with Gasteiger partial charge in [0.1, 0.15) is 10.8 Å². The number of hydrogen-bond donors (Lipinski definition) is 1. The molecule has 1 atom stereocenters. The van der Waals surface area contributed by atoms with Crippen LogP contribution in [0.15, 0.2) is 27.9 Å². The Bertz CT molecular complexity index is 805. The Balaban J connectivity index is 1.57. The average Bonchev–Trinajstić information content (AvgIpc) is 3.02. The first-order chi connectivity index (χ1) is 13.9. The van der Waals surface area contributed by atoms with Gasteiger partial charge in [-0.3, -0.25) is 9.69 Å². The molecule has 1 aliphatic rings. The monoisotopic (exact) mass is 418 g/mol. The fourth-order valence-electron chi connectivity index (χ4n) is 3.42. The number of nitrogens with zero attached hydrogens (tertiary/aromatic N) is 3. The van der Waals surface area contributed by atoms with Crippen molar-refractivity contribution in [2.45, 2.75) is 44.6 Å². The van der Waals surface area contributed by atoms with Crippen LogP contribution in [0.5, 0.6) is 0 Å². The summed E-state index contributed by atoms with van der Waals surface area (Å²) in [6.07, 6.45) is 1.72. The zero-order valence-corrected chi connectivity index (χ0v) is 18.4. The summed E-state index contributed by atoms with van der Waals surface area (Å²) in [4.78, 5) is 19.6. The third-order valence-electron chi connectivity index (χ3n) is 4.89. The molecular weight excluding hydrogens is 388 g/mol. The fraction of sp³-hybridized carbons (Fsp3) is 0.571. The molecule has 8 heteroatoms. The van der Waals surface area contributed by atoms with E-state index in [1.165, 1.54) is 11.8 Å². The van der Waals surface area contributed by atoms with Gasteiger partial charge in [0.05, 0.1) is 24.0 Å². The molecule has 1 unspecified atom stereocenters. The van der Waals surface area contributed by atoms with E-state index in [0.717, 1.165) is 36.7 Å². The molecular formula is C21H30N4O3S. The molecule has 29 heavy (non-hydrogen) atoms. The normalized spacial score (nSPS) is 17.6. The molecule has 0 aromatic carbocycles. The summed E-state index contributed by atoms with van der Waals surface area (Å²) in [6.45, 7) is 12.3. The van der Waals surface area contributed by atoms with Gasteiger partial charge >= 0.3 is 0 Å². The van der Waals surface area contributed by atoms with E-state index in [9.17, 15) is 4.79 Å². The van der Waals surface area contributed by atoms with Crippen LogP contribution in [0.4, 0.5) is 0 Å². The summed E-state index contributed by atoms with van der Waals surface area (Å²) >= 11 is 1.52. The summed E-state index contributed by atoms with van der Waals surface area (Å²) in [5.41, 5.74) is 2.50. The molecule has 1 amide bonds. The van der Waals surface area contributed by atoms with E-state index < -0.39 is 0 Å². The number of pyridine rings is 1. The van der Waals surface area contributed by atoms with Crippen molar-refractivity contribution in [1.82, 2.24) is 20.4 Å². The van der Waals surface area contributed by atoms with Gasteiger partial charge in [0.15, 0.2) is 0 Å². The highest BCUT2D eigenvalue weighted by atomic mass is 32.2. The first-order valence-corrected chi connectivity index (χ1v) is 11.0. The van der Waals surface area contributed by atoms with Gasteiger partial charge in [-0.05, 0) is 31.9 Å². The van der Waals surface area contributed by atoms with Crippen LogP contribution in [-0.4, -0.2) is 59.8 Å². The first kappa shape index (κ1) is 21.8. The summed E-state index contributed by atoms with van der Waals surface area (Å²) in [7, 11) is 0. The molecule has 1 fully saturated rings. The van der Waals surface area contributed by atoms with Gasteiger partial charge in [-0.25, -0.2) is 4.98 Å². The van der Waals surface area contributed by atoms with Crippen molar-refractivity contribution < 1.29 is 14.1 Å². The Kier molecular flexibility index (Phi) is 7.69. The van der Waals surface area contributed by atoms with Crippen LogP contribution in [0.1, 0.15) is 41.2 Å². The van der Waals surface area contributed by atoms with Crippen molar-refractivity contribution in [3.8, 4) is 0 Å². The minimum absolute atomic E-state index is 0.0153. The van der Waals surface area contributed by atoms with Gasteiger partial charge in [0, 0.05) is 43.7 Å². The zero-order chi connectivity index (χ0) is 20.8. The molecule has 1 N–H and O–H groups in total. The number of hydrogen-bond acceptors (Lipinski definition) is 7. The fourth-order valence-corrected chi connectivity index (χ4v) is 4.56. The molecule has 3 rings (SSSR count). The van der Waals surface area contributed by atoms with Crippen molar-refractivity contribution in [2.75, 3.05) is 32.8 Å². The van der Waals surface area contributed by atoms with Gasteiger partial charge in [0.2, 0.25) is 0 Å². The molecule has 2 aromatic heterocycles. The predicted molar refractivity (Wildman–Crippen MR) is 113 cm³/mol. The Morgan fingerprint density at radius 3 is 2.97 bits per heavy atom. The predicted octanol–water partition coefficient (Wildman–Crippen LogP) is 3.07. The van der Waals surface area contributed by atoms with E-state index >= 15 is 0 Å². The van der Waals surface area contributed by atoms with Gasteiger partial charge < -0.3 is 14.6 Å². The number of carbonyl (C=O) groups is 1. The summed E-state index contributed by atoms with van der Waals surface area (Å²) in [5.74, 6) is 1.96. The van der Waals surface area contributed by atoms with E-state index in [2.05, 4.69) is 34.2 Å². The molecule has 1 aliphatic heterocycles. The number of ether oxygens (including phenoxy) is 1. The minimum atomic E-state index is -0.121. The van der Waals surface area contributed by atoms with E-state index in [4.69, 9.17) is 9.26 Å². The number of aryl methyl sites for hydroxylation is 2. The Labute approximate surface area is 176 Å². The van der Waals surface area contributed by atoms with Gasteiger partial charge in [0.25, 0.3) is 5.91 Å². The van der Waals surface area contributed by atoms with Crippen molar-refractivity contribution in [2.24, 2.45) is 5.92 Å². The van der Waals surface area contributed by atoms with E-state index in [1.807, 2.05) is 19.9 Å². The molecule has 2 aromatic rings. The zero-order valence-electron chi connectivity index (χ0n) is 17.6. The molecule has 0 aliphatic carbocycles. The highest BCUT2D eigenvalue weighted by molar-refractivity contribution is 7.98. The molecule has 7 nitrogen and oxygen atoms in total. The van der Waals surface area contributed by atoms with Crippen molar-refractivity contribution in [3.63, 3.8) is 0 Å². The standard InChI is InChI=1S/C21H30N4O3S/c1-14(2)11-25-8-9-27-17(12-25)10-23-20(26)18-6-5-7-22-21(18)29-13-19-15(3)24-28-16(19)4/h5-7,14,17H,8-13H2,1-4H3,(H,23,26). The van der Waals surface area contributed by atoms with Crippen LogP contribution in [0.25, 0.3) is 0 Å². The van der Waals surface area contributed by atoms with E-state index in [-0.39, 0.29) is 12.0 Å². The van der Waals surface area contributed by atoms with E-state index in [0.29, 0.717) is 35.4 Å². The van der Waals surface area contributed by atoms with Crippen LogP contribution in [0, 0.1) is 19.8 Å². The lowest BCUT2D eigenvalue weighted by atomic mass is 10.1. The smallest absolute Gasteiger partial charge is 0.254 e. The lowest BCUT2D eigenvalue weighted by molar-refractivity contribution is -0.0295. The lowest BCUT2D eigenvalue weighted by Gasteiger charge is -2.34. The number of carbonyl (C=O) groups excluding carboxylic acids is 1. The molecule has 1 saturated heterocycles. The molecule has 0 saturated carbocycles. The summed E-state index contributed by atoms with van der Waals surface area (Å²) < 4.78 is 11.1. The summed E-state index contributed by atoms with van der Waals surface area (Å²) in [5, 5.41) is 7.71. The van der Waals surface area contributed by atoms with Crippen molar-refractivity contribution >= 4 is 17.7 Å². The second kappa shape index (κ2) is 10.2. The third-order valence-corrected chi connectivity index (χ3v) is 5.92. The number of thioether (sulfide) groups is 1. The van der Waals surface area contributed by atoms with Gasteiger partial charge in [-0.1, -0.05) is 19.0 Å². The molecule has 3 heterocycles. The van der Waals surface area contributed by atoms with Crippen LogP contribution < -0.4 is 5.32 Å². The maximum absolute atomic E-state index is 12.8. The molecule has 0 radical (unpaired) electrons. The van der Waals surface area contributed by atoms with Gasteiger partial charge in [-0.15, -0.1) is 11.8 Å². The maximum atomic E-state index is 12.8. The number of morpholine rings is 1. The SMILES string of the molecule is Cc1noc(C)c1CSc1ncccc1C(=O)NCC1CN(CC(C)C)CCO1. The van der Waals surface area contributed by atoms with Crippen LogP contribution in [0.3, 0.4) is 0 Å². The molecule has 0 bridgehead atoms. The number of aromatic nitrogens is 2. The van der Waals surface area contributed by atoms with Crippen LogP contribution >= 0.6 is 11.8 Å². The highest BCUT2D eigenvalue weighted by Crippen LogP contribution is 2.27. The lowest BCUT2D eigenvalue weighted by Crippen LogP contribution is -2.48. The topological polar surface area (TPSA) is 80.5 Å². The average molecular weight is 419 g/mol. The second-order valence-corrected chi connectivity index (χ2v) is 8.77. The molecule has 158 valence electrons. The maximum Gasteiger partial charge on any atom is 0.254 e. The largest absolute Gasteiger partial charge is 0.374 e. The van der Waals surface area contributed by atoms with E-state index in [1.54, 1.807) is 12.3 Å². The Morgan fingerprint density at radius 1 is 1.41 bits per heavy atom. The van der Waals surface area contributed by atoms with Crippen molar-refractivity contribution in [3.05, 3.63) is 40.9 Å². The van der Waals surface area contributed by atoms with Gasteiger partial charge in [-0.2, -0.15) is 0 Å². The van der Waals surface area contributed by atoms with Crippen molar-refractivity contribution in [1.29, 1.82) is 0 Å². The quantitative estimate of drug-likeness (QED) is 0.660. The number of nitrogens with one attached hydrogen (secondary N) is 1. The number of rotatable bonds is 8. The summed E-state index contributed by atoms with van der Waals surface area (Å²) in [6, 6.07) is 3.60. The highest BCUT2D eigenvalue weighted by Gasteiger charge is 2.22. The first-order valence-electron chi connectivity index (χ1n) is 10.1. The number of amides is 1. The third kappa shape index (κ3) is 6.04. The Morgan fingerprint density at radius 2 is 2.24 bits per heavy atom. The van der Waals surface area contributed by atoms with Crippen LogP contribution in [-0.2, 0) is 10.5 Å². The Hall–Kier alpha value is -1.90. The molecule has 0 spiro atoms. The van der Waals surface area contributed by atoms with Crippen LogP contribution in [0.2, 0.25) is 0 Å². The second-order valence-electron chi connectivity index (χ2n) is 7.80.